The first kappa shape index (κ1) is 17.5. The molecule has 4 heteroatoms. The molecule has 0 radical (unpaired) electrons. The second-order valence-electron chi connectivity index (χ2n) is 5.60. The molecule has 0 spiro atoms. The molecule has 0 bridgehead atoms. The van der Waals surface area contributed by atoms with E-state index in [1.54, 1.807) is 7.11 Å². The first-order valence-corrected chi connectivity index (χ1v) is 9.25. The Hall–Kier alpha value is -2.27. The summed E-state index contributed by atoms with van der Waals surface area (Å²) >= 11 is 0. The molecule has 2 N–H and O–H groups in total. The molecule has 0 aliphatic carbocycles. The number of rotatable bonds is 6. The van der Waals surface area contributed by atoms with Crippen molar-refractivity contribution in [2.45, 2.75) is 27.9 Å². The molecule has 3 aromatic rings. The molecule has 0 fully saturated rings. The van der Waals surface area contributed by atoms with E-state index < -0.39 is 0 Å². The fourth-order valence-electron chi connectivity index (χ4n) is 2.68. The topological polar surface area (TPSA) is 49.7 Å². The molecular formula is C21H21O3S+. The van der Waals surface area contributed by atoms with Crippen molar-refractivity contribution in [1.29, 1.82) is 0 Å². The molecule has 0 aromatic heterocycles. The van der Waals surface area contributed by atoms with Crippen LogP contribution in [0.2, 0.25) is 0 Å². The molecule has 0 saturated heterocycles. The highest BCUT2D eigenvalue weighted by Crippen LogP contribution is 2.33. The van der Waals surface area contributed by atoms with Crippen LogP contribution in [0.25, 0.3) is 0 Å². The molecule has 25 heavy (non-hydrogen) atoms. The van der Waals surface area contributed by atoms with Gasteiger partial charge in [0.05, 0.1) is 31.2 Å². The van der Waals surface area contributed by atoms with Gasteiger partial charge in [-0.3, -0.25) is 0 Å². The maximum absolute atomic E-state index is 9.50. The smallest absolute Gasteiger partial charge is 0.170 e. The van der Waals surface area contributed by atoms with Gasteiger partial charge in [-0.1, -0.05) is 30.3 Å². The van der Waals surface area contributed by atoms with E-state index in [9.17, 15) is 10.2 Å². The van der Waals surface area contributed by atoms with E-state index in [0.717, 1.165) is 31.6 Å². The lowest BCUT2D eigenvalue weighted by molar-refractivity contribution is 0.281. The van der Waals surface area contributed by atoms with Crippen molar-refractivity contribution in [1.82, 2.24) is 0 Å². The van der Waals surface area contributed by atoms with E-state index in [1.165, 1.54) is 0 Å². The van der Waals surface area contributed by atoms with Crippen LogP contribution >= 0.6 is 0 Å². The van der Waals surface area contributed by atoms with Crippen LogP contribution in [-0.2, 0) is 24.1 Å². The largest absolute Gasteiger partial charge is 0.497 e. The SMILES string of the molecule is COc1cccc([S+](c2cccc(CO)c2)c2cccc(CO)c2)c1. The Morgan fingerprint density at radius 1 is 0.720 bits per heavy atom. The van der Waals surface area contributed by atoms with Gasteiger partial charge in [0.1, 0.15) is 5.75 Å². The van der Waals surface area contributed by atoms with Crippen LogP contribution in [0.3, 0.4) is 0 Å². The summed E-state index contributed by atoms with van der Waals surface area (Å²) in [6.45, 7) is 0.0274. The summed E-state index contributed by atoms with van der Waals surface area (Å²) in [5, 5.41) is 19.0. The summed E-state index contributed by atoms with van der Waals surface area (Å²) < 4.78 is 5.39. The zero-order valence-corrected chi connectivity index (χ0v) is 14.9. The molecule has 0 unspecified atom stereocenters. The van der Waals surface area contributed by atoms with E-state index in [-0.39, 0.29) is 24.1 Å². The molecule has 0 heterocycles. The number of hydrogen-bond acceptors (Lipinski definition) is 3. The lowest BCUT2D eigenvalue weighted by Gasteiger charge is -2.10. The van der Waals surface area contributed by atoms with E-state index in [0.29, 0.717) is 0 Å². The van der Waals surface area contributed by atoms with Crippen LogP contribution in [0.1, 0.15) is 11.1 Å². The monoisotopic (exact) mass is 353 g/mol. The lowest BCUT2D eigenvalue weighted by Crippen LogP contribution is -2.06. The van der Waals surface area contributed by atoms with Gasteiger partial charge in [-0.2, -0.15) is 0 Å². The van der Waals surface area contributed by atoms with E-state index in [4.69, 9.17) is 4.74 Å². The maximum atomic E-state index is 9.50. The summed E-state index contributed by atoms with van der Waals surface area (Å²) in [7, 11) is 1.31. The zero-order chi connectivity index (χ0) is 17.6. The summed E-state index contributed by atoms with van der Waals surface area (Å²) in [4.78, 5) is 3.37. The summed E-state index contributed by atoms with van der Waals surface area (Å²) in [5.41, 5.74) is 1.77. The highest BCUT2D eigenvalue weighted by molar-refractivity contribution is 7.97. The van der Waals surface area contributed by atoms with Gasteiger partial charge in [-0.25, -0.2) is 0 Å². The number of ether oxygens (including phenoxy) is 1. The predicted octanol–water partition coefficient (Wildman–Crippen LogP) is 3.78. The molecule has 0 amide bonds. The Kier molecular flexibility index (Phi) is 5.76. The number of benzene rings is 3. The summed E-state index contributed by atoms with van der Waals surface area (Å²) in [6.07, 6.45) is 0. The quantitative estimate of drug-likeness (QED) is 0.663. The number of aliphatic hydroxyl groups excluding tert-OH is 2. The van der Waals surface area contributed by atoms with Crippen molar-refractivity contribution in [3.8, 4) is 5.75 Å². The summed E-state index contributed by atoms with van der Waals surface area (Å²) in [6, 6.07) is 24.0. The van der Waals surface area contributed by atoms with Gasteiger partial charge in [-0.15, -0.1) is 0 Å². The lowest BCUT2D eigenvalue weighted by atomic mass is 10.2. The van der Waals surface area contributed by atoms with Gasteiger partial charge in [0.15, 0.2) is 14.7 Å². The van der Waals surface area contributed by atoms with Crippen molar-refractivity contribution in [2.24, 2.45) is 0 Å². The zero-order valence-electron chi connectivity index (χ0n) is 14.1. The van der Waals surface area contributed by atoms with Crippen molar-refractivity contribution in [3.05, 3.63) is 83.9 Å². The Bertz CT molecular complexity index is 735. The van der Waals surface area contributed by atoms with Crippen molar-refractivity contribution >= 4 is 10.9 Å². The minimum Gasteiger partial charge on any atom is -0.497 e. The van der Waals surface area contributed by atoms with Gasteiger partial charge in [0, 0.05) is 6.07 Å². The van der Waals surface area contributed by atoms with Crippen molar-refractivity contribution < 1.29 is 14.9 Å². The first-order valence-electron chi connectivity index (χ1n) is 8.03. The van der Waals surface area contributed by atoms with Crippen LogP contribution < -0.4 is 4.74 Å². The average Bonchev–Trinajstić information content (AvgIpc) is 2.68. The van der Waals surface area contributed by atoms with Crippen LogP contribution in [-0.4, -0.2) is 17.3 Å². The van der Waals surface area contributed by atoms with Crippen LogP contribution in [0.4, 0.5) is 0 Å². The summed E-state index contributed by atoms with van der Waals surface area (Å²) in [5.74, 6) is 0.812. The highest BCUT2D eigenvalue weighted by atomic mass is 32.2. The Morgan fingerprint density at radius 2 is 1.20 bits per heavy atom. The molecule has 3 nitrogen and oxygen atoms in total. The fraction of sp³-hybridized carbons (Fsp3) is 0.143. The van der Waals surface area contributed by atoms with E-state index in [1.807, 2.05) is 54.6 Å². The standard InChI is InChI=1S/C21H21O3S/c1-24-18-7-4-10-21(13-18)25(19-8-2-5-16(11-19)14-22)20-9-3-6-17(12-20)15-23/h2-13,22-23H,14-15H2,1H3/q+1. The first-order chi connectivity index (χ1) is 12.2. The fourth-order valence-corrected chi connectivity index (χ4v) is 4.91. The number of aliphatic hydroxyl groups is 2. The van der Waals surface area contributed by atoms with Crippen molar-refractivity contribution in [2.75, 3.05) is 7.11 Å². The third-order valence-electron chi connectivity index (χ3n) is 3.91. The third-order valence-corrected chi connectivity index (χ3v) is 6.09. The number of hydrogen-bond donors (Lipinski definition) is 2. The Labute approximate surface area is 150 Å². The van der Waals surface area contributed by atoms with Gasteiger partial charge in [0.2, 0.25) is 0 Å². The molecule has 0 aliphatic heterocycles. The molecule has 0 aliphatic rings. The second-order valence-corrected chi connectivity index (χ2v) is 7.62. The van der Waals surface area contributed by atoms with E-state index in [2.05, 4.69) is 18.2 Å². The minimum atomic E-state index is -0.353. The molecule has 3 aromatic carbocycles. The minimum absolute atomic E-state index is 0.0137. The number of methoxy groups -OCH3 is 1. The van der Waals surface area contributed by atoms with E-state index >= 15 is 0 Å². The second kappa shape index (κ2) is 8.21. The Morgan fingerprint density at radius 3 is 1.68 bits per heavy atom. The molecule has 0 atom stereocenters. The van der Waals surface area contributed by atoms with Crippen LogP contribution in [0, 0.1) is 0 Å². The predicted molar refractivity (Wildman–Crippen MR) is 99.9 cm³/mol. The normalized spacial score (nSPS) is 10.9. The average molecular weight is 353 g/mol. The molecule has 0 saturated carbocycles. The highest BCUT2D eigenvalue weighted by Gasteiger charge is 2.29. The van der Waals surface area contributed by atoms with Crippen LogP contribution in [0.5, 0.6) is 5.75 Å². The van der Waals surface area contributed by atoms with Gasteiger partial charge in [0.25, 0.3) is 0 Å². The van der Waals surface area contributed by atoms with Gasteiger partial charge < -0.3 is 14.9 Å². The van der Waals surface area contributed by atoms with Gasteiger partial charge >= 0.3 is 0 Å². The maximum Gasteiger partial charge on any atom is 0.170 e. The molecular weight excluding hydrogens is 332 g/mol. The third kappa shape index (κ3) is 4.04. The molecule has 128 valence electrons. The Balaban J connectivity index is 2.16. The molecule has 3 rings (SSSR count). The van der Waals surface area contributed by atoms with Gasteiger partial charge in [-0.05, 0) is 47.5 Å². The van der Waals surface area contributed by atoms with Crippen molar-refractivity contribution in [3.63, 3.8) is 0 Å². The van der Waals surface area contributed by atoms with Crippen LogP contribution in [0.15, 0.2) is 87.5 Å².